The molecule has 0 saturated carbocycles. The molecule has 1 atom stereocenters. The number of nitrogens with zero attached hydrogens (tertiary/aromatic N) is 1. The molecule has 0 aliphatic rings. The zero-order chi connectivity index (χ0) is 12.1. The second kappa shape index (κ2) is 5.22. The molecule has 0 bridgehead atoms. The summed E-state index contributed by atoms with van der Waals surface area (Å²) in [5, 5.41) is 19.6. The number of carbonyl (C=O) groups is 2. The van der Waals surface area contributed by atoms with Crippen molar-refractivity contribution < 1.29 is 19.8 Å². The van der Waals surface area contributed by atoms with Gasteiger partial charge in [0.15, 0.2) is 6.04 Å². The minimum atomic E-state index is -1.29. The lowest BCUT2D eigenvalue weighted by Gasteiger charge is -2.11. The van der Waals surface area contributed by atoms with E-state index in [4.69, 9.17) is 10.2 Å². The molecule has 0 aliphatic heterocycles. The summed E-state index contributed by atoms with van der Waals surface area (Å²) in [5.74, 6) is -1.83. The summed E-state index contributed by atoms with van der Waals surface area (Å²) >= 11 is 0. The molecule has 0 aliphatic carbocycles. The Balaban J connectivity index is 2.75. The third-order valence-corrected chi connectivity index (χ3v) is 1.94. The number of carboxylic acids is 1. The Kier molecular flexibility index (Phi) is 3.96. The number of carbonyl (C=O) groups excluding carboxylic acids is 1. The van der Waals surface area contributed by atoms with E-state index >= 15 is 0 Å². The van der Waals surface area contributed by atoms with E-state index in [0.717, 1.165) is 0 Å². The first kappa shape index (κ1) is 12.1. The third kappa shape index (κ3) is 3.03. The first-order valence-electron chi connectivity index (χ1n) is 4.61. The number of carboxylic acid groups (broad SMARTS) is 1. The Morgan fingerprint density at radius 3 is 2.75 bits per heavy atom. The fraction of sp³-hybridized carbons (Fsp3) is 0.300. The van der Waals surface area contributed by atoms with Crippen molar-refractivity contribution in [2.75, 3.05) is 6.61 Å². The topological polar surface area (TPSA) is 99.5 Å². The van der Waals surface area contributed by atoms with Crippen LogP contribution in [-0.4, -0.2) is 39.7 Å². The van der Waals surface area contributed by atoms with Gasteiger partial charge in [-0.05, 0) is 19.1 Å². The van der Waals surface area contributed by atoms with Crippen LogP contribution < -0.4 is 5.32 Å². The lowest BCUT2D eigenvalue weighted by atomic mass is 10.2. The minimum absolute atomic E-state index is 0.312. The van der Waals surface area contributed by atoms with Crippen molar-refractivity contribution in [1.82, 2.24) is 10.3 Å². The van der Waals surface area contributed by atoms with E-state index < -0.39 is 24.5 Å². The fourth-order valence-corrected chi connectivity index (χ4v) is 1.11. The van der Waals surface area contributed by atoms with Crippen molar-refractivity contribution in [3.05, 3.63) is 29.6 Å². The molecule has 0 radical (unpaired) electrons. The highest BCUT2D eigenvalue weighted by Gasteiger charge is 2.19. The predicted octanol–water partition coefficient (Wildman–Crippen LogP) is -0.435. The lowest BCUT2D eigenvalue weighted by Crippen LogP contribution is -2.43. The van der Waals surface area contributed by atoms with E-state index in [1.54, 1.807) is 6.92 Å². The quantitative estimate of drug-likeness (QED) is 0.644. The molecule has 0 spiro atoms. The number of aliphatic hydroxyl groups excluding tert-OH is 1. The molecule has 16 heavy (non-hydrogen) atoms. The smallest absolute Gasteiger partial charge is 0.328 e. The van der Waals surface area contributed by atoms with Gasteiger partial charge in [0.1, 0.15) is 0 Å². The number of hydrogen-bond donors (Lipinski definition) is 3. The highest BCUT2D eigenvalue weighted by atomic mass is 16.4. The molecule has 0 aromatic carbocycles. The number of aromatic nitrogens is 1. The third-order valence-electron chi connectivity index (χ3n) is 1.94. The van der Waals surface area contributed by atoms with E-state index in [2.05, 4.69) is 10.3 Å². The van der Waals surface area contributed by atoms with Crippen molar-refractivity contribution in [3.8, 4) is 0 Å². The number of aliphatic hydroxyl groups is 1. The molecule has 0 saturated heterocycles. The Morgan fingerprint density at radius 1 is 1.56 bits per heavy atom. The van der Waals surface area contributed by atoms with Gasteiger partial charge in [0, 0.05) is 17.5 Å². The van der Waals surface area contributed by atoms with Gasteiger partial charge in [0.25, 0.3) is 5.91 Å². The maximum absolute atomic E-state index is 11.6. The predicted molar refractivity (Wildman–Crippen MR) is 54.9 cm³/mol. The zero-order valence-electron chi connectivity index (χ0n) is 8.67. The molecule has 1 aromatic heterocycles. The van der Waals surface area contributed by atoms with E-state index in [9.17, 15) is 9.59 Å². The number of aryl methyl sites for hydroxylation is 1. The van der Waals surface area contributed by atoms with Crippen LogP contribution in [0.1, 0.15) is 16.1 Å². The summed E-state index contributed by atoms with van der Waals surface area (Å²) in [6.07, 6.45) is 1.46. The molecular weight excluding hydrogens is 212 g/mol. The minimum Gasteiger partial charge on any atom is -0.480 e. The van der Waals surface area contributed by atoms with Gasteiger partial charge in [0.05, 0.1) is 6.61 Å². The van der Waals surface area contributed by atoms with Crippen molar-refractivity contribution >= 4 is 11.9 Å². The highest BCUT2D eigenvalue weighted by Crippen LogP contribution is 2.01. The zero-order valence-corrected chi connectivity index (χ0v) is 8.67. The molecule has 1 rings (SSSR count). The van der Waals surface area contributed by atoms with Crippen LogP contribution in [0.2, 0.25) is 0 Å². The molecule has 6 heteroatoms. The Labute approximate surface area is 91.9 Å². The number of amides is 1. The summed E-state index contributed by atoms with van der Waals surface area (Å²) < 4.78 is 0. The van der Waals surface area contributed by atoms with Crippen LogP contribution in [0, 0.1) is 6.92 Å². The normalized spacial score (nSPS) is 11.9. The number of hydrogen-bond acceptors (Lipinski definition) is 4. The molecule has 1 aromatic rings. The molecule has 3 N–H and O–H groups in total. The van der Waals surface area contributed by atoms with Crippen LogP contribution in [0.25, 0.3) is 0 Å². The van der Waals surface area contributed by atoms with E-state index in [-0.39, 0.29) is 0 Å². The molecular formula is C10H12N2O4. The maximum Gasteiger partial charge on any atom is 0.328 e. The molecule has 6 nitrogen and oxygen atoms in total. The summed E-state index contributed by atoms with van der Waals surface area (Å²) in [6.45, 7) is 1.07. The summed E-state index contributed by atoms with van der Waals surface area (Å²) in [5.41, 5.74) is 0.968. The molecule has 0 fully saturated rings. The van der Waals surface area contributed by atoms with Gasteiger partial charge in [0.2, 0.25) is 0 Å². The van der Waals surface area contributed by atoms with Crippen LogP contribution in [0.15, 0.2) is 18.3 Å². The number of nitrogens with one attached hydrogen (secondary N) is 1. The van der Waals surface area contributed by atoms with Crippen LogP contribution in [0.4, 0.5) is 0 Å². The van der Waals surface area contributed by atoms with Crippen molar-refractivity contribution in [1.29, 1.82) is 0 Å². The molecule has 86 valence electrons. The number of rotatable bonds is 4. The average molecular weight is 224 g/mol. The van der Waals surface area contributed by atoms with Gasteiger partial charge in [-0.25, -0.2) is 4.79 Å². The molecule has 1 heterocycles. The van der Waals surface area contributed by atoms with Crippen LogP contribution in [0.5, 0.6) is 0 Å². The molecule has 0 unspecified atom stereocenters. The lowest BCUT2D eigenvalue weighted by molar-refractivity contribution is -0.140. The maximum atomic E-state index is 11.6. The first-order valence-corrected chi connectivity index (χ1v) is 4.61. The van der Waals surface area contributed by atoms with Crippen molar-refractivity contribution in [3.63, 3.8) is 0 Å². The second-order valence-corrected chi connectivity index (χ2v) is 3.23. The Morgan fingerprint density at radius 2 is 2.25 bits per heavy atom. The number of pyridine rings is 1. The van der Waals surface area contributed by atoms with E-state index in [1.807, 2.05) is 0 Å². The SMILES string of the molecule is Cc1cc(C(=O)N[C@H](CO)C(=O)O)ccn1. The van der Waals surface area contributed by atoms with Gasteiger partial charge in [-0.15, -0.1) is 0 Å². The monoisotopic (exact) mass is 224 g/mol. The van der Waals surface area contributed by atoms with E-state index in [1.165, 1.54) is 18.3 Å². The van der Waals surface area contributed by atoms with Gasteiger partial charge < -0.3 is 15.5 Å². The van der Waals surface area contributed by atoms with Crippen LogP contribution >= 0.6 is 0 Å². The van der Waals surface area contributed by atoms with E-state index in [0.29, 0.717) is 11.3 Å². The fourth-order valence-electron chi connectivity index (χ4n) is 1.11. The average Bonchev–Trinajstić information content (AvgIpc) is 2.25. The Bertz CT molecular complexity index is 406. The first-order chi connectivity index (χ1) is 7.54. The summed E-state index contributed by atoms with van der Waals surface area (Å²) in [6, 6.07) is 1.71. The van der Waals surface area contributed by atoms with Crippen molar-refractivity contribution in [2.45, 2.75) is 13.0 Å². The largest absolute Gasteiger partial charge is 0.480 e. The Hall–Kier alpha value is -1.95. The highest BCUT2D eigenvalue weighted by molar-refractivity contribution is 5.96. The number of aliphatic carboxylic acids is 1. The summed E-state index contributed by atoms with van der Waals surface area (Å²) in [7, 11) is 0. The summed E-state index contributed by atoms with van der Waals surface area (Å²) in [4.78, 5) is 26.0. The van der Waals surface area contributed by atoms with Gasteiger partial charge in [-0.2, -0.15) is 0 Å². The standard InChI is InChI=1S/C10H12N2O4/c1-6-4-7(2-3-11-6)9(14)12-8(5-13)10(15)16/h2-4,8,13H,5H2,1H3,(H,12,14)(H,15,16)/t8-/m1/s1. The van der Waals surface area contributed by atoms with Gasteiger partial charge in [-0.3, -0.25) is 9.78 Å². The van der Waals surface area contributed by atoms with Gasteiger partial charge >= 0.3 is 5.97 Å². The van der Waals surface area contributed by atoms with Crippen molar-refractivity contribution in [2.24, 2.45) is 0 Å². The molecule has 1 amide bonds. The van der Waals surface area contributed by atoms with Gasteiger partial charge in [-0.1, -0.05) is 0 Å². The van der Waals surface area contributed by atoms with Crippen LogP contribution in [-0.2, 0) is 4.79 Å². The second-order valence-electron chi connectivity index (χ2n) is 3.23. The van der Waals surface area contributed by atoms with Crippen LogP contribution in [0.3, 0.4) is 0 Å².